The van der Waals surface area contributed by atoms with Gasteiger partial charge in [0.25, 0.3) is 5.56 Å². The predicted molar refractivity (Wildman–Crippen MR) is 113 cm³/mol. The zero-order valence-electron chi connectivity index (χ0n) is 16.1. The van der Waals surface area contributed by atoms with E-state index in [1.165, 1.54) is 25.3 Å². The molecule has 0 aliphatic rings. The molecule has 0 unspecified atom stereocenters. The lowest BCUT2D eigenvalue weighted by Gasteiger charge is -2.15. The van der Waals surface area contributed by atoms with E-state index >= 15 is 0 Å². The number of halogens is 1. The average Bonchev–Trinajstić information content (AvgIpc) is 2.71. The Morgan fingerprint density at radius 2 is 1.68 bits per heavy atom. The van der Waals surface area contributed by atoms with Crippen molar-refractivity contribution in [2.75, 3.05) is 12.8 Å². The molecule has 1 heterocycles. The van der Waals surface area contributed by atoms with Crippen molar-refractivity contribution >= 4 is 29.4 Å². The van der Waals surface area contributed by atoms with Gasteiger partial charge in [-0.2, -0.15) is 0 Å². The van der Waals surface area contributed by atoms with Gasteiger partial charge in [0, 0.05) is 10.6 Å². The molecule has 3 aromatic rings. The van der Waals surface area contributed by atoms with Gasteiger partial charge >= 0.3 is 11.9 Å². The first-order valence-corrected chi connectivity index (χ1v) is 9.18. The number of carboxylic acids is 2. The average molecular weight is 445 g/mol. The molecule has 3 rings (SSSR count). The number of carboxylic acid groups (broad SMARTS) is 2. The molecule has 0 amide bonds. The number of aromatic amines is 1. The lowest BCUT2D eigenvalue weighted by atomic mass is 9.95. The Morgan fingerprint density at radius 3 is 2.26 bits per heavy atom. The maximum atomic E-state index is 12.2. The molecule has 10 heteroatoms. The van der Waals surface area contributed by atoms with Crippen LogP contribution in [0.3, 0.4) is 0 Å². The number of aromatic carboxylic acids is 2. The quantitative estimate of drug-likeness (QED) is 0.433. The summed E-state index contributed by atoms with van der Waals surface area (Å²) in [5.41, 5.74) is 3.94. The second-order valence-corrected chi connectivity index (χ2v) is 6.82. The fourth-order valence-electron chi connectivity index (χ4n) is 3.02. The van der Waals surface area contributed by atoms with E-state index in [4.69, 9.17) is 26.8 Å². The van der Waals surface area contributed by atoms with E-state index in [1.54, 1.807) is 24.3 Å². The summed E-state index contributed by atoms with van der Waals surface area (Å²) >= 11 is 5.88. The molecule has 160 valence electrons. The Bertz CT molecular complexity index is 1220. The Morgan fingerprint density at radius 1 is 1.03 bits per heavy atom. The monoisotopic (exact) mass is 444 g/mol. The summed E-state index contributed by atoms with van der Waals surface area (Å²) in [6.45, 7) is 0.131. The van der Waals surface area contributed by atoms with Gasteiger partial charge in [-0.05, 0) is 35.4 Å². The van der Waals surface area contributed by atoms with Gasteiger partial charge in [-0.25, -0.2) is 9.59 Å². The summed E-state index contributed by atoms with van der Waals surface area (Å²) in [6, 6.07) is 11.2. The number of hydrogen-bond acceptors (Lipinski definition) is 6. The van der Waals surface area contributed by atoms with Gasteiger partial charge in [0.15, 0.2) is 11.5 Å². The number of rotatable bonds is 7. The second kappa shape index (κ2) is 8.80. The number of methoxy groups -OCH3 is 1. The molecular formula is C21H17ClN2O7. The van der Waals surface area contributed by atoms with Crippen LogP contribution in [0, 0.1) is 0 Å². The van der Waals surface area contributed by atoms with E-state index in [1.807, 2.05) is 0 Å². The maximum absolute atomic E-state index is 12.2. The first-order valence-electron chi connectivity index (χ1n) is 8.81. The first kappa shape index (κ1) is 21.7. The fourth-order valence-corrected chi connectivity index (χ4v) is 3.15. The molecular weight excluding hydrogens is 428 g/mol. The smallest absolute Gasteiger partial charge is 0.342 e. The molecule has 9 nitrogen and oxygen atoms in total. The Hall–Kier alpha value is -3.98. The van der Waals surface area contributed by atoms with Crippen molar-refractivity contribution < 1.29 is 29.3 Å². The highest BCUT2D eigenvalue weighted by Gasteiger charge is 2.27. The van der Waals surface area contributed by atoms with Gasteiger partial charge in [0.1, 0.15) is 23.6 Å². The standard InChI is InChI=1S/C21H17ClN2O7/c1-30-13-7-4-11(8-14(13)31-9-10-2-5-12(22)6-3-10)15-16(20(26)27)18(23)24-19(25)17(15)21(28)29/h2-8H,9H2,1H3,(H,26,27)(H,28,29)(H3,23,24,25). The summed E-state index contributed by atoms with van der Waals surface area (Å²) in [5, 5.41) is 19.7. The summed E-state index contributed by atoms with van der Waals surface area (Å²) in [7, 11) is 1.42. The lowest BCUT2D eigenvalue weighted by Crippen LogP contribution is -2.24. The molecule has 0 saturated heterocycles. The van der Waals surface area contributed by atoms with Gasteiger partial charge in [0.05, 0.1) is 7.11 Å². The number of nitrogens with two attached hydrogens (primary N) is 1. The first-order chi connectivity index (χ1) is 14.7. The Balaban J connectivity index is 2.14. The number of ether oxygens (including phenoxy) is 2. The number of anilines is 1. The Kier molecular flexibility index (Phi) is 6.17. The number of carbonyl (C=O) groups is 2. The van der Waals surface area contributed by atoms with Crippen molar-refractivity contribution in [3.8, 4) is 22.6 Å². The normalized spacial score (nSPS) is 10.5. The number of H-pyrrole nitrogens is 1. The molecule has 5 N–H and O–H groups in total. The highest BCUT2D eigenvalue weighted by Crippen LogP contribution is 2.36. The van der Waals surface area contributed by atoms with Crippen LogP contribution < -0.4 is 20.8 Å². The van der Waals surface area contributed by atoms with E-state index in [9.17, 15) is 24.6 Å². The molecule has 0 aliphatic heterocycles. The molecule has 0 saturated carbocycles. The third-order valence-electron chi connectivity index (χ3n) is 4.43. The van der Waals surface area contributed by atoms with Crippen LogP contribution in [0.2, 0.25) is 5.02 Å². The zero-order chi connectivity index (χ0) is 22.7. The van der Waals surface area contributed by atoms with Crippen LogP contribution in [0.15, 0.2) is 47.3 Å². The van der Waals surface area contributed by atoms with Gasteiger partial charge in [-0.3, -0.25) is 4.79 Å². The molecule has 0 fully saturated rings. The van der Waals surface area contributed by atoms with Gasteiger partial charge < -0.3 is 30.4 Å². The highest BCUT2D eigenvalue weighted by atomic mass is 35.5. The molecule has 0 spiro atoms. The molecule has 1 aromatic heterocycles. The van der Waals surface area contributed by atoms with E-state index in [2.05, 4.69) is 4.98 Å². The van der Waals surface area contributed by atoms with E-state index in [0.717, 1.165) is 5.56 Å². The van der Waals surface area contributed by atoms with E-state index in [-0.39, 0.29) is 23.5 Å². The van der Waals surface area contributed by atoms with E-state index in [0.29, 0.717) is 10.8 Å². The number of nitrogen functional groups attached to an aromatic ring is 1. The van der Waals surface area contributed by atoms with Gasteiger partial charge in [0.2, 0.25) is 0 Å². The molecule has 0 bridgehead atoms. The number of pyridine rings is 1. The zero-order valence-corrected chi connectivity index (χ0v) is 16.9. The summed E-state index contributed by atoms with van der Waals surface area (Å²) in [6.07, 6.45) is 0. The number of benzene rings is 2. The van der Waals surface area contributed by atoms with Crippen LogP contribution in [-0.4, -0.2) is 34.2 Å². The summed E-state index contributed by atoms with van der Waals surface area (Å²) < 4.78 is 11.1. The summed E-state index contributed by atoms with van der Waals surface area (Å²) in [4.78, 5) is 37.8. The SMILES string of the molecule is COc1ccc(-c2c(C(=O)O)c(N)[nH]c(=O)c2C(=O)O)cc1OCc1ccc(Cl)cc1. The Labute approximate surface area is 180 Å². The van der Waals surface area contributed by atoms with Crippen LogP contribution in [0.25, 0.3) is 11.1 Å². The topological polar surface area (TPSA) is 152 Å². The van der Waals surface area contributed by atoms with Gasteiger partial charge in [-0.15, -0.1) is 0 Å². The third-order valence-corrected chi connectivity index (χ3v) is 4.68. The van der Waals surface area contributed by atoms with Crippen molar-refractivity contribution in [1.82, 2.24) is 4.98 Å². The van der Waals surface area contributed by atoms with Crippen molar-refractivity contribution in [1.29, 1.82) is 0 Å². The third kappa shape index (κ3) is 4.46. The predicted octanol–water partition coefficient (Wildman–Crippen LogP) is 3.26. The molecule has 31 heavy (non-hydrogen) atoms. The van der Waals surface area contributed by atoms with Crippen molar-refractivity contribution in [2.24, 2.45) is 0 Å². The maximum Gasteiger partial charge on any atom is 0.342 e. The van der Waals surface area contributed by atoms with Gasteiger partial charge in [-0.1, -0.05) is 29.8 Å². The minimum Gasteiger partial charge on any atom is -0.493 e. The highest BCUT2D eigenvalue weighted by molar-refractivity contribution is 6.30. The minimum atomic E-state index is -1.60. The van der Waals surface area contributed by atoms with Crippen molar-refractivity contribution in [2.45, 2.75) is 6.61 Å². The molecule has 0 radical (unpaired) electrons. The number of hydrogen-bond donors (Lipinski definition) is 4. The van der Waals surface area contributed by atoms with Crippen LogP contribution in [0.4, 0.5) is 5.82 Å². The minimum absolute atomic E-state index is 0.111. The van der Waals surface area contributed by atoms with Crippen molar-refractivity contribution in [3.63, 3.8) is 0 Å². The van der Waals surface area contributed by atoms with Crippen LogP contribution in [-0.2, 0) is 6.61 Å². The van der Waals surface area contributed by atoms with Crippen LogP contribution in [0.5, 0.6) is 11.5 Å². The molecule has 0 aliphatic carbocycles. The lowest BCUT2D eigenvalue weighted by molar-refractivity contribution is 0.0695. The second-order valence-electron chi connectivity index (χ2n) is 6.38. The largest absolute Gasteiger partial charge is 0.493 e. The van der Waals surface area contributed by atoms with Crippen molar-refractivity contribution in [3.05, 3.63) is 74.5 Å². The molecule has 2 aromatic carbocycles. The van der Waals surface area contributed by atoms with Crippen LogP contribution >= 0.6 is 11.6 Å². The molecule has 0 atom stereocenters. The fraction of sp³-hybridized carbons (Fsp3) is 0.0952. The number of aromatic nitrogens is 1. The van der Waals surface area contributed by atoms with Crippen LogP contribution in [0.1, 0.15) is 26.3 Å². The number of nitrogens with one attached hydrogen (secondary N) is 1. The van der Waals surface area contributed by atoms with E-state index < -0.39 is 34.4 Å². The summed E-state index contributed by atoms with van der Waals surface area (Å²) in [5.74, 6) is -3.02.